The Morgan fingerprint density at radius 2 is 2.10 bits per heavy atom. The number of anilines is 1. The average molecular weight is 306 g/mol. The highest BCUT2D eigenvalue weighted by Crippen LogP contribution is 2.24. The zero-order valence-electron chi connectivity index (χ0n) is 12.8. The molecule has 0 aliphatic rings. The summed E-state index contributed by atoms with van der Waals surface area (Å²) in [7, 11) is 0. The maximum absolute atomic E-state index is 5.88. The van der Waals surface area contributed by atoms with Crippen molar-refractivity contribution >= 4 is 17.8 Å². The number of nitrogens with one attached hydrogen (secondary N) is 1. The first kappa shape index (κ1) is 15.8. The van der Waals surface area contributed by atoms with Crippen LogP contribution in [-0.4, -0.2) is 11.3 Å². The Hall–Kier alpha value is -1.62. The molecule has 0 radical (unpaired) electrons. The standard InChI is InChI=1S/C16H22N2O2S/c1-4-5-6-12(2)19-14-7-9-15(10-8-14)21-18-16-11-13(3)20-17-16/h7-12H,4-6H2,1-3H3,(H,17,18). The van der Waals surface area contributed by atoms with E-state index in [1.807, 2.05) is 37.3 Å². The van der Waals surface area contributed by atoms with E-state index in [1.54, 1.807) is 0 Å². The van der Waals surface area contributed by atoms with Crippen LogP contribution in [0.1, 0.15) is 38.9 Å². The minimum absolute atomic E-state index is 0.264. The Kier molecular flexibility index (Phi) is 5.99. The van der Waals surface area contributed by atoms with E-state index in [9.17, 15) is 0 Å². The highest BCUT2D eigenvalue weighted by molar-refractivity contribution is 8.00. The second-order valence-electron chi connectivity index (χ2n) is 5.07. The topological polar surface area (TPSA) is 47.3 Å². The first-order valence-corrected chi connectivity index (χ1v) is 8.12. The summed E-state index contributed by atoms with van der Waals surface area (Å²) in [6.07, 6.45) is 3.77. The molecule has 0 spiro atoms. The van der Waals surface area contributed by atoms with Crippen LogP contribution < -0.4 is 9.46 Å². The summed E-state index contributed by atoms with van der Waals surface area (Å²) in [5.41, 5.74) is 0. The quantitative estimate of drug-likeness (QED) is 0.691. The lowest BCUT2D eigenvalue weighted by Crippen LogP contribution is -2.11. The normalized spacial score (nSPS) is 12.1. The second-order valence-corrected chi connectivity index (χ2v) is 5.95. The predicted octanol–water partition coefficient (Wildman–Crippen LogP) is 5.06. The van der Waals surface area contributed by atoms with Crippen LogP contribution in [0.4, 0.5) is 5.82 Å². The predicted molar refractivity (Wildman–Crippen MR) is 86.8 cm³/mol. The van der Waals surface area contributed by atoms with Crippen molar-refractivity contribution in [1.29, 1.82) is 0 Å². The Bertz CT molecular complexity index is 539. The summed E-state index contributed by atoms with van der Waals surface area (Å²) in [4.78, 5) is 1.10. The number of ether oxygens (including phenoxy) is 1. The molecule has 0 fully saturated rings. The lowest BCUT2D eigenvalue weighted by atomic mass is 10.2. The van der Waals surface area contributed by atoms with Crippen LogP contribution >= 0.6 is 11.9 Å². The molecule has 0 saturated carbocycles. The van der Waals surface area contributed by atoms with Gasteiger partial charge in [-0.1, -0.05) is 24.9 Å². The van der Waals surface area contributed by atoms with Gasteiger partial charge in [-0.25, -0.2) is 0 Å². The van der Waals surface area contributed by atoms with Gasteiger partial charge in [-0.2, -0.15) is 0 Å². The van der Waals surface area contributed by atoms with E-state index in [4.69, 9.17) is 9.26 Å². The Morgan fingerprint density at radius 3 is 2.71 bits per heavy atom. The van der Waals surface area contributed by atoms with Crippen molar-refractivity contribution in [2.75, 3.05) is 4.72 Å². The van der Waals surface area contributed by atoms with Crippen molar-refractivity contribution in [2.24, 2.45) is 0 Å². The average Bonchev–Trinajstić information content (AvgIpc) is 2.90. The number of unbranched alkanes of at least 4 members (excludes halogenated alkanes) is 1. The van der Waals surface area contributed by atoms with Gasteiger partial charge in [0.15, 0.2) is 5.82 Å². The van der Waals surface area contributed by atoms with Crippen molar-refractivity contribution in [1.82, 2.24) is 5.16 Å². The van der Waals surface area contributed by atoms with E-state index in [0.29, 0.717) is 0 Å². The van der Waals surface area contributed by atoms with Gasteiger partial charge in [-0.15, -0.1) is 0 Å². The molecule has 4 nitrogen and oxygen atoms in total. The fraction of sp³-hybridized carbons (Fsp3) is 0.438. The minimum Gasteiger partial charge on any atom is -0.491 e. The summed E-state index contributed by atoms with van der Waals surface area (Å²) in [5, 5.41) is 3.88. The molecule has 0 aliphatic heterocycles. The number of rotatable bonds is 8. The number of benzene rings is 1. The van der Waals surface area contributed by atoms with Crippen LogP contribution in [0, 0.1) is 6.92 Å². The molecule has 0 aliphatic carbocycles. The molecule has 1 unspecified atom stereocenters. The van der Waals surface area contributed by atoms with Crippen molar-refractivity contribution in [3.8, 4) is 5.75 Å². The van der Waals surface area contributed by atoms with E-state index in [-0.39, 0.29) is 6.10 Å². The lowest BCUT2D eigenvalue weighted by Gasteiger charge is -2.14. The molecule has 1 heterocycles. The van der Waals surface area contributed by atoms with E-state index in [0.717, 1.165) is 28.6 Å². The molecular formula is C16H22N2O2S. The molecule has 1 N–H and O–H groups in total. The van der Waals surface area contributed by atoms with Crippen molar-refractivity contribution in [2.45, 2.75) is 51.0 Å². The van der Waals surface area contributed by atoms with Crippen molar-refractivity contribution in [3.05, 3.63) is 36.1 Å². The Morgan fingerprint density at radius 1 is 1.33 bits per heavy atom. The Balaban J connectivity index is 1.81. The molecule has 21 heavy (non-hydrogen) atoms. The molecule has 1 aromatic carbocycles. The van der Waals surface area contributed by atoms with Crippen molar-refractivity contribution in [3.63, 3.8) is 0 Å². The van der Waals surface area contributed by atoms with E-state index in [2.05, 4.69) is 23.7 Å². The summed E-state index contributed by atoms with van der Waals surface area (Å²) < 4.78 is 14.0. The summed E-state index contributed by atoms with van der Waals surface area (Å²) in [6, 6.07) is 9.93. The third-order valence-electron chi connectivity index (χ3n) is 3.03. The largest absolute Gasteiger partial charge is 0.491 e. The zero-order chi connectivity index (χ0) is 15.1. The first-order chi connectivity index (χ1) is 10.2. The van der Waals surface area contributed by atoms with E-state index >= 15 is 0 Å². The molecule has 1 aromatic heterocycles. The summed E-state index contributed by atoms with van der Waals surface area (Å²) in [6.45, 7) is 6.18. The van der Waals surface area contributed by atoms with Crippen LogP contribution in [0.2, 0.25) is 0 Å². The fourth-order valence-electron chi connectivity index (χ4n) is 1.89. The van der Waals surface area contributed by atoms with Gasteiger partial charge in [0.25, 0.3) is 0 Å². The van der Waals surface area contributed by atoms with Gasteiger partial charge in [-0.3, -0.25) is 0 Å². The summed E-state index contributed by atoms with van der Waals surface area (Å²) >= 11 is 1.50. The third-order valence-corrected chi connectivity index (χ3v) is 3.85. The highest BCUT2D eigenvalue weighted by atomic mass is 32.2. The summed E-state index contributed by atoms with van der Waals surface area (Å²) in [5.74, 6) is 2.44. The molecule has 1 atom stereocenters. The van der Waals surface area contributed by atoms with Gasteiger partial charge in [0.05, 0.1) is 6.10 Å². The van der Waals surface area contributed by atoms with Gasteiger partial charge < -0.3 is 14.0 Å². The van der Waals surface area contributed by atoms with E-state index < -0.39 is 0 Å². The van der Waals surface area contributed by atoms with Gasteiger partial charge >= 0.3 is 0 Å². The number of hydrogen-bond acceptors (Lipinski definition) is 5. The van der Waals surface area contributed by atoms with E-state index in [1.165, 1.54) is 24.8 Å². The molecular weight excluding hydrogens is 284 g/mol. The Labute approximate surface area is 130 Å². The van der Waals surface area contributed by atoms with Gasteiger partial charge in [-0.05, 0) is 56.5 Å². The van der Waals surface area contributed by atoms with Crippen LogP contribution in [0.5, 0.6) is 5.75 Å². The maximum Gasteiger partial charge on any atom is 0.179 e. The number of aryl methyl sites for hydroxylation is 1. The number of aromatic nitrogens is 1. The van der Waals surface area contributed by atoms with Crippen LogP contribution in [0.3, 0.4) is 0 Å². The monoisotopic (exact) mass is 306 g/mol. The van der Waals surface area contributed by atoms with Crippen LogP contribution in [0.25, 0.3) is 0 Å². The number of nitrogens with zero attached hydrogens (tertiary/aromatic N) is 1. The minimum atomic E-state index is 0.264. The second kappa shape index (κ2) is 7.98. The molecule has 0 bridgehead atoms. The van der Waals surface area contributed by atoms with Crippen molar-refractivity contribution < 1.29 is 9.26 Å². The van der Waals surface area contributed by atoms with Gasteiger partial charge in [0.2, 0.25) is 0 Å². The highest BCUT2D eigenvalue weighted by Gasteiger charge is 2.04. The fourth-order valence-corrected chi connectivity index (χ4v) is 2.49. The molecule has 5 heteroatoms. The number of hydrogen-bond donors (Lipinski definition) is 1. The maximum atomic E-state index is 5.88. The van der Waals surface area contributed by atoms with Gasteiger partial charge in [0, 0.05) is 11.0 Å². The molecule has 2 rings (SSSR count). The van der Waals surface area contributed by atoms with Gasteiger partial charge in [0.1, 0.15) is 11.5 Å². The molecule has 2 aromatic rings. The first-order valence-electron chi connectivity index (χ1n) is 7.30. The molecule has 114 valence electrons. The molecule has 0 saturated heterocycles. The van der Waals surface area contributed by atoms with Crippen LogP contribution in [-0.2, 0) is 0 Å². The SMILES string of the molecule is CCCCC(C)Oc1ccc(SNc2cc(C)on2)cc1. The zero-order valence-corrected chi connectivity index (χ0v) is 13.6. The third kappa shape index (κ3) is 5.34. The molecule has 0 amide bonds. The smallest absolute Gasteiger partial charge is 0.179 e. The van der Waals surface area contributed by atoms with Crippen LogP contribution in [0.15, 0.2) is 39.8 Å². The lowest BCUT2D eigenvalue weighted by molar-refractivity contribution is 0.207.